The molecule has 274 valence electrons. The molecule has 0 spiro atoms. The van der Waals surface area contributed by atoms with Crippen LogP contribution in [0.15, 0.2) is 103 Å². The molecule has 0 aromatic heterocycles. The number of aromatic hydroxyl groups is 1. The molecule has 0 radical (unpaired) electrons. The molecule has 5 aliphatic rings. The lowest BCUT2D eigenvalue weighted by Crippen LogP contribution is -2.53. The van der Waals surface area contributed by atoms with E-state index in [9.17, 15) is 19.5 Å². The monoisotopic (exact) mass is 741 g/mol. The van der Waals surface area contributed by atoms with Crippen LogP contribution in [0.4, 0.5) is 17.1 Å². The number of carbonyl (C=O) groups excluding carboxylic acids is 4. The van der Waals surface area contributed by atoms with Gasteiger partial charge in [-0.15, -0.1) is 0 Å². The molecule has 3 aliphatic heterocycles. The van der Waals surface area contributed by atoms with Crippen LogP contribution in [0.3, 0.4) is 0 Å². The Morgan fingerprint density at radius 2 is 1.43 bits per heavy atom. The third-order valence-electron chi connectivity index (χ3n) is 12.5. The average molecular weight is 742 g/mol. The van der Waals surface area contributed by atoms with Gasteiger partial charge in [0.05, 0.1) is 47.8 Å². The first-order chi connectivity index (χ1) is 26.1. The van der Waals surface area contributed by atoms with Crippen molar-refractivity contribution >= 4 is 52.3 Å². The van der Waals surface area contributed by atoms with E-state index in [2.05, 4.69) is 11.0 Å². The Morgan fingerprint density at radius 1 is 0.741 bits per heavy atom. The summed E-state index contributed by atoms with van der Waals surface area (Å²) in [6, 6.07) is 27.6. The Morgan fingerprint density at radius 3 is 2.11 bits per heavy atom. The molecule has 54 heavy (non-hydrogen) atoms. The fourth-order valence-corrected chi connectivity index (χ4v) is 10.3. The second-order valence-corrected chi connectivity index (χ2v) is 15.7. The van der Waals surface area contributed by atoms with E-state index >= 15 is 4.79 Å². The van der Waals surface area contributed by atoms with Gasteiger partial charge in [0.1, 0.15) is 5.75 Å². The van der Waals surface area contributed by atoms with Gasteiger partial charge >= 0.3 is 0 Å². The van der Waals surface area contributed by atoms with Gasteiger partial charge in [-0.1, -0.05) is 71.8 Å². The standard InChI is InChI=1S/C44H40ClN3O6/c1-25-21-27(22-26(2)39(25)49)38-33-15-16-34-37(42(52)47(40(34)50)31-13-11-30(12-14-31)46-17-19-54-20-18-46)35(33)24-36-41(51)48(32-10-6-9-29(45)23-32)43(53)44(36,38)28-7-4-3-5-8-28/h3-15,21-23,34-38,49H,16-20,24H2,1-2H3/t34-,35+,36-,37-,38-,44+/m0/s1. The van der Waals surface area contributed by atoms with Crippen molar-refractivity contribution in [2.45, 2.75) is 38.0 Å². The number of benzene rings is 4. The molecule has 2 aliphatic carbocycles. The molecule has 4 amide bonds. The summed E-state index contributed by atoms with van der Waals surface area (Å²) in [7, 11) is 0. The van der Waals surface area contributed by atoms with E-state index in [0.29, 0.717) is 52.7 Å². The lowest BCUT2D eigenvalue weighted by molar-refractivity contribution is -0.127. The van der Waals surface area contributed by atoms with Crippen LogP contribution in [0.5, 0.6) is 5.75 Å². The number of phenols is 1. The van der Waals surface area contributed by atoms with Crippen molar-refractivity contribution in [2.75, 3.05) is 41.0 Å². The summed E-state index contributed by atoms with van der Waals surface area (Å²) in [5.74, 6) is -4.44. The van der Waals surface area contributed by atoms with Gasteiger partial charge in [-0.25, -0.2) is 4.90 Å². The van der Waals surface area contributed by atoms with Crippen LogP contribution in [0.2, 0.25) is 5.02 Å². The molecule has 9 rings (SSSR count). The molecule has 0 unspecified atom stereocenters. The van der Waals surface area contributed by atoms with Crippen molar-refractivity contribution in [1.29, 1.82) is 0 Å². The number of imide groups is 2. The van der Waals surface area contributed by atoms with Gasteiger partial charge in [-0.3, -0.25) is 24.1 Å². The summed E-state index contributed by atoms with van der Waals surface area (Å²) >= 11 is 6.44. The van der Waals surface area contributed by atoms with Gasteiger partial charge in [0.25, 0.3) is 0 Å². The van der Waals surface area contributed by atoms with Crippen LogP contribution in [0.1, 0.15) is 41.0 Å². The van der Waals surface area contributed by atoms with E-state index in [1.54, 1.807) is 24.3 Å². The van der Waals surface area contributed by atoms with Gasteiger partial charge in [-0.2, -0.15) is 0 Å². The van der Waals surface area contributed by atoms with Crippen molar-refractivity contribution < 1.29 is 29.0 Å². The SMILES string of the molecule is Cc1cc([C@H]2C3=CC[C@@H]4C(=O)N(c5ccc(N6CCOCC6)cc5)C(=O)[C@@H]4[C@@H]3C[C@H]3C(=O)N(c4cccc(Cl)c4)C(=O)[C@@]23c2ccccc2)cc(C)c1O. The topological polar surface area (TPSA) is 107 Å². The van der Waals surface area contributed by atoms with Crippen LogP contribution in [-0.2, 0) is 29.3 Å². The van der Waals surface area contributed by atoms with E-state index in [4.69, 9.17) is 16.3 Å². The van der Waals surface area contributed by atoms with Crippen LogP contribution in [0, 0.1) is 37.5 Å². The Hall–Kier alpha value is -5.25. The van der Waals surface area contributed by atoms with Gasteiger partial charge < -0.3 is 14.7 Å². The number of carbonyl (C=O) groups is 4. The summed E-state index contributed by atoms with van der Waals surface area (Å²) < 4.78 is 5.50. The molecule has 3 saturated heterocycles. The van der Waals surface area contributed by atoms with E-state index < -0.39 is 35.0 Å². The first-order valence-corrected chi connectivity index (χ1v) is 19.0. The zero-order valence-corrected chi connectivity index (χ0v) is 30.8. The summed E-state index contributed by atoms with van der Waals surface area (Å²) in [5, 5.41) is 11.3. The number of halogens is 1. The summed E-state index contributed by atoms with van der Waals surface area (Å²) in [6.07, 6.45) is 2.59. The van der Waals surface area contributed by atoms with Crippen LogP contribution >= 0.6 is 11.6 Å². The van der Waals surface area contributed by atoms with Crippen molar-refractivity contribution in [3.8, 4) is 5.75 Å². The minimum atomic E-state index is -1.38. The second kappa shape index (κ2) is 13.0. The Bertz CT molecular complexity index is 2230. The number of hydrogen-bond acceptors (Lipinski definition) is 7. The zero-order valence-electron chi connectivity index (χ0n) is 30.1. The van der Waals surface area contributed by atoms with E-state index in [-0.39, 0.29) is 35.8 Å². The number of allylic oxidation sites excluding steroid dienone is 2. The molecule has 1 N–H and O–H groups in total. The summed E-state index contributed by atoms with van der Waals surface area (Å²) in [5.41, 5.74) is 4.15. The molecular formula is C44H40ClN3O6. The van der Waals surface area contributed by atoms with Crippen molar-refractivity contribution in [2.24, 2.45) is 23.7 Å². The number of anilines is 3. The Kier molecular flexibility index (Phi) is 8.28. The van der Waals surface area contributed by atoms with Crippen LogP contribution in [-0.4, -0.2) is 55.0 Å². The average Bonchev–Trinajstić information content (AvgIpc) is 3.58. The van der Waals surface area contributed by atoms with Gasteiger partial charge in [0.2, 0.25) is 23.6 Å². The molecule has 6 atom stereocenters. The number of fused-ring (bicyclic) bond motifs is 4. The molecule has 1 saturated carbocycles. The number of phenolic OH excluding ortho intramolecular Hbond substituents is 1. The van der Waals surface area contributed by atoms with E-state index in [1.165, 1.54) is 9.80 Å². The lowest BCUT2D eigenvalue weighted by Gasteiger charge is -2.51. The maximum absolute atomic E-state index is 15.4. The van der Waals surface area contributed by atoms with Crippen LogP contribution < -0.4 is 14.7 Å². The van der Waals surface area contributed by atoms with Crippen LogP contribution in [0.25, 0.3) is 0 Å². The second-order valence-electron chi connectivity index (χ2n) is 15.2. The molecule has 4 aromatic carbocycles. The first-order valence-electron chi connectivity index (χ1n) is 18.6. The fraction of sp³-hybridized carbons (Fsp3) is 0.318. The lowest BCUT2D eigenvalue weighted by atomic mass is 9.49. The maximum Gasteiger partial charge on any atom is 0.246 e. The highest BCUT2D eigenvalue weighted by atomic mass is 35.5. The molecule has 4 aromatic rings. The number of rotatable bonds is 5. The third kappa shape index (κ3) is 5.01. The first kappa shape index (κ1) is 34.5. The predicted octanol–water partition coefficient (Wildman–Crippen LogP) is 6.87. The van der Waals surface area contributed by atoms with Crippen molar-refractivity contribution in [1.82, 2.24) is 0 Å². The Labute approximate surface area is 318 Å². The number of amides is 4. The molecule has 10 heteroatoms. The molecule has 0 bridgehead atoms. The number of nitrogens with zero attached hydrogens (tertiary/aromatic N) is 3. The normalized spacial score (nSPS) is 27.9. The maximum atomic E-state index is 15.4. The quantitative estimate of drug-likeness (QED) is 0.176. The summed E-state index contributed by atoms with van der Waals surface area (Å²) in [4.78, 5) is 64.3. The van der Waals surface area contributed by atoms with E-state index in [0.717, 1.165) is 29.9 Å². The third-order valence-corrected chi connectivity index (χ3v) is 12.7. The highest BCUT2D eigenvalue weighted by Crippen LogP contribution is 2.64. The minimum Gasteiger partial charge on any atom is -0.507 e. The highest BCUT2D eigenvalue weighted by Gasteiger charge is 2.70. The number of aryl methyl sites for hydroxylation is 2. The van der Waals surface area contributed by atoms with Crippen molar-refractivity contribution in [3.63, 3.8) is 0 Å². The molecule has 3 heterocycles. The van der Waals surface area contributed by atoms with E-state index in [1.807, 2.05) is 80.6 Å². The van der Waals surface area contributed by atoms with Gasteiger partial charge in [-0.05, 0) is 97.3 Å². The Balaban J connectivity index is 1.19. The number of ether oxygens (including phenoxy) is 1. The van der Waals surface area contributed by atoms with Gasteiger partial charge in [0, 0.05) is 29.7 Å². The fourth-order valence-electron chi connectivity index (χ4n) is 10.2. The largest absolute Gasteiger partial charge is 0.507 e. The molecular weight excluding hydrogens is 702 g/mol. The predicted molar refractivity (Wildman–Crippen MR) is 206 cm³/mol. The number of morpholine rings is 1. The molecule has 4 fully saturated rings. The number of hydrogen-bond donors (Lipinski definition) is 1. The summed E-state index contributed by atoms with van der Waals surface area (Å²) in [6.45, 7) is 6.48. The zero-order chi connectivity index (χ0) is 37.5. The van der Waals surface area contributed by atoms with Crippen molar-refractivity contribution in [3.05, 3.63) is 130 Å². The smallest absolute Gasteiger partial charge is 0.246 e. The van der Waals surface area contributed by atoms with Gasteiger partial charge in [0.15, 0.2) is 0 Å². The molecule has 9 nitrogen and oxygen atoms in total. The highest BCUT2D eigenvalue weighted by molar-refractivity contribution is 6.32. The minimum absolute atomic E-state index is 0.162.